The fraction of sp³-hybridized carbons (Fsp3) is 0.364. The molecule has 1 fully saturated rings. The lowest BCUT2D eigenvalue weighted by molar-refractivity contribution is -0.123. The van der Waals surface area contributed by atoms with Crippen LogP contribution in [0.3, 0.4) is 0 Å². The van der Waals surface area contributed by atoms with Gasteiger partial charge in [-0.25, -0.2) is 4.39 Å². The summed E-state index contributed by atoms with van der Waals surface area (Å²) in [5.41, 5.74) is 6.13. The van der Waals surface area contributed by atoms with Gasteiger partial charge in [0.1, 0.15) is 11.9 Å². The van der Waals surface area contributed by atoms with E-state index < -0.39 is 5.82 Å². The van der Waals surface area contributed by atoms with E-state index in [9.17, 15) is 9.18 Å². The largest absolute Gasteiger partial charge is 0.399 e. The molecule has 1 saturated heterocycles. The Labute approximate surface area is 93.0 Å². The minimum Gasteiger partial charge on any atom is -0.399 e. The Morgan fingerprint density at radius 3 is 3.00 bits per heavy atom. The molecule has 1 aromatic rings. The smallest absolute Gasteiger partial charge is 0.242 e. The molecule has 0 saturated carbocycles. The van der Waals surface area contributed by atoms with Gasteiger partial charge in [-0.3, -0.25) is 4.79 Å². The zero-order chi connectivity index (χ0) is 11.5. The van der Waals surface area contributed by atoms with Crippen molar-refractivity contribution in [1.29, 1.82) is 0 Å². The van der Waals surface area contributed by atoms with E-state index in [2.05, 4.69) is 10.6 Å². The van der Waals surface area contributed by atoms with Crippen molar-refractivity contribution in [2.75, 3.05) is 17.6 Å². The summed E-state index contributed by atoms with van der Waals surface area (Å²) in [6.45, 7) is 0.696. The van der Waals surface area contributed by atoms with Gasteiger partial charge in [-0.1, -0.05) is 0 Å². The first-order chi connectivity index (χ1) is 7.66. The summed E-state index contributed by atoms with van der Waals surface area (Å²) in [5, 5.41) is 5.62. The van der Waals surface area contributed by atoms with Crippen molar-refractivity contribution in [2.45, 2.75) is 18.9 Å². The first kappa shape index (κ1) is 10.7. The van der Waals surface area contributed by atoms with Crippen LogP contribution in [0.25, 0.3) is 0 Å². The molecule has 1 aliphatic heterocycles. The number of halogens is 1. The Kier molecular flexibility index (Phi) is 2.94. The molecule has 0 radical (unpaired) electrons. The van der Waals surface area contributed by atoms with Crippen LogP contribution in [0.1, 0.15) is 12.8 Å². The summed E-state index contributed by atoms with van der Waals surface area (Å²) < 4.78 is 13.5. The molecule has 0 spiro atoms. The van der Waals surface area contributed by atoms with E-state index >= 15 is 0 Å². The third-order valence-electron chi connectivity index (χ3n) is 2.61. The Hall–Kier alpha value is -1.78. The van der Waals surface area contributed by atoms with Crippen molar-refractivity contribution < 1.29 is 9.18 Å². The van der Waals surface area contributed by atoms with E-state index in [1.807, 2.05) is 0 Å². The molecule has 1 amide bonds. The van der Waals surface area contributed by atoms with Gasteiger partial charge in [0.25, 0.3) is 0 Å². The summed E-state index contributed by atoms with van der Waals surface area (Å²) in [7, 11) is 0. The van der Waals surface area contributed by atoms with Crippen LogP contribution in [-0.2, 0) is 4.79 Å². The molecule has 86 valence electrons. The lowest BCUT2D eigenvalue weighted by atomic mass is 10.1. The molecule has 0 bridgehead atoms. The van der Waals surface area contributed by atoms with E-state index in [0.29, 0.717) is 17.9 Å². The van der Waals surface area contributed by atoms with E-state index in [0.717, 1.165) is 12.8 Å². The first-order valence-electron chi connectivity index (χ1n) is 5.26. The molecule has 4 N–H and O–H groups in total. The molecule has 2 rings (SSSR count). The Morgan fingerprint density at radius 1 is 1.50 bits per heavy atom. The molecule has 1 unspecified atom stereocenters. The van der Waals surface area contributed by atoms with Gasteiger partial charge in [0.15, 0.2) is 0 Å². The summed E-state index contributed by atoms with van der Waals surface area (Å²) in [5.74, 6) is -0.513. The van der Waals surface area contributed by atoms with Crippen LogP contribution in [0.5, 0.6) is 0 Å². The van der Waals surface area contributed by atoms with Crippen LogP contribution in [0, 0.1) is 5.82 Å². The van der Waals surface area contributed by atoms with Crippen molar-refractivity contribution in [2.24, 2.45) is 0 Å². The normalized spacial score (nSPS) is 20.3. The van der Waals surface area contributed by atoms with Gasteiger partial charge in [0.2, 0.25) is 5.91 Å². The van der Waals surface area contributed by atoms with E-state index in [-0.39, 0.29) is 11.9 Å². The van der Waals surface area contributed by atoms with E-state index in [1.165, 1.54) is 6.07 Å². The summed E-state index contributed by atoms with van der Waals surface area (Å²) >= 11 is 0. The minimum absolute atomic E-state index is 0.0810. The van der Waals surface area contributed by atoms with Crippen molar-refractivity contribution >= 4 is 17.3 Å². The molecule has 1 atom stereocenters. The fourth-order valence-corrected chi connectivity index (χ4v) is 1.75. The zero-order valence-corrected chi connectivity index (χ0v) is 8.79. The third-order valence-corrected chi connectivity index (χ3v) is 2.61. The third kappa shape index (κ3) is 2.24. The van der Waals surface area contributed by atoms with E-state index in [4.69, 9.17) is 5.73 Å². The summed E-state index contributed by atoms with van der Waals surface area (Å²) in [4.78, 5) is 11.5. The van der Waals surface area contributed by atoms with Gasteiger partial charge in [0, 0.05) is 12.2 Å². The zero-order valence-electron chi connectivity index (χ0n) is 8.79. The molecule has 5 heteroatoms. The van der Waals surface area contributed by atoms with Crippen LogP contribution >= 0.6 is 0 Å². The van der Waals surface area contributed by atoms with Crippen molar-refractivity contribution in [1.82, 2.24) is 5.32 Å². The first-order valence-corrected chi connectivity index (χ1v) is 5.26. The highest BCUT2D eigenvalue weighted by Crippen LogP contribution is 2.19. The highest BCUT2D eigenvalue weighted by atomic mass is 19.1. The monoisotopic (exact) mass is 223 g/mol. The van der Waals surface area contributed by atoms with Gasteiger partial charge < -0.3 is 16.4 Å². The number of rotatable bonds is 2. The molecule has 1 aliphatic rings. The van der Waals surface area contributed by atoms with Crippen LogP contribution in [0.2, 0.25) is 0 Å². The lowest BCUT2D eigenvalue weighted by Crippen LogP contribution is -2.44. The van der Waals surface area contributed by atoms with Crippen LogP contribution in [0.4, 0.5) is 15.8 Å². The van der Waals surface area contributed by atoms with Crippen LogP contribution < -0.4 is 16.4 Å². The molecule has 4 nitrogen and oxygen atoms in total. The standard InChI is InChI=1S/C11H14FN3O/c12-8-6-7(13)3-4-9(8)15-10-2-1-5-14-11(10)16/h3-4,6,10,15H,1-2,5,13H2,(H,14,16). The van der Waals surface area contributed by atoms with E-state index in [1.54, 1.807) is 12.1 Å². The fourth-order valence-electron chi connectivity index (χ4n) is 1.75. The number of hydrogen-bond acceptors (Lipinski definition) is 3. The lowest BCUT2D eigenvalue weighted by Gasteiger charge is -2.23. The number of anilines is 2. The molecular formula is C11H14FN3O. The van der Waals surface area contributed by atoms with Gasteiger partial charge in [0.05, 0.1) is 5.69 Å². The summed E-state index contributed by atoms with van der Waals surface area (Å²) in [6.07, 6.45) is 1.62. The predicted molar refractivity (Wildman–Crippen MR) is 60.5 cm³/mol. The molecule has 1 aromatic carbocycles. The number of carbonyl (C=O) groups is 1. The van der Waals surface area contributed by atoms with Gasteiger partial charge in [-0.2, -0.15) is 0 Å². The average Bonchev–Trinajstić information content (AvgIpc) is 2.25. The second kappa shape index (κ2) is 4.38. The van der Waals surface area contributed by atoms with Crippen molar-refractivity contribution in [3.8, 4) is 0 Å². The predicted octanol–water partition coefficient (Wildman–Crippen LogP) is 1.10. The topological polar surface area (TPSA) is 67.2 Å². The maximum Gasteiger partial charge on any atom is 0.242 e. The number of hydrogen-bond donors (Lipinski definition) is 3. The van der Waals surface area contributed by atoms with Gasteiger partial charge >= 0.3 is 0 Å². The maximum absolute atomic E-state index is 13.5. The number of amides is 1. The SMILES string of the molecule is Nc1ccc(NC2CCCNC2=O)c(F)c1. The highest BCUT2D eigenvalue weighted by molar-refractivity contribution is 5.85. The minimum atomic E-state index is -0.432. The number of nitrogen functional groups attached to an aromatic ring is 1. The van der Waals surface area contributed by atoms with Crippen LogP contribution in [0.15, 0.2) is 18.2 Å². The quantitative estimate of drug-likeness (QED) is 0.658. The highest BCUT2D eigenvalue weighted by Gasteiger charge is 2.22. The number of benzene rings is 1. The Morgan fingerprint density at radius 2 is 2.31 bits per heavy atom. The maximum atomic E-state index is 13.5. The second-order valence-electron chi connectivity index (χ2n) is 3.87. The number of nitrogens with one attached hydrogen (secondary N) is 2. The molecule has 16 heavy (non-hydrogen) atoms. The number of carbonyl (C=O) groups excluding carboxylic acids is 1. The van der Waals surface area contributed by atoms with Crippen LogP contribution in [-0.4, -0.2) is 18.5 Å². The molecule has 0 aliphatic carbocycles. The Balaban J connectivity index is 2.10. The number of nitrogens with two attached hydrogens (primary N) is 1. The average molecular weight is 223 g/mol. The molecule has 1 heterocycles. The molecule has 0 aromatic heterocycles. The number of piperidine rings is 1. The Bertz CT molecular complexity index is 408. The summed E-state index contributed by atoms with van der Waals surface area (Å²) in [6, 6.07) is 4.04. The van der Waals surface area contributed by atoms with Gasteiger partial charge in [-0.05, 0) is 31.0 Å². The van der Waals surface area contributed by atoms with Crippen molar-refractivity contribution in [3.05, 3.63) is 24.0 Å². The van der Waals surface area contributed by atoms with Gasteiger partial charge in [-0.15, -0.1) is 0 Å². The molecular weight excluding hydrogens is 209 g/mol. The van der Waals surface area contributed by atoms with Crippen molar-refractivity contribution in [3.63, 3.8) is 0 Å². The second-order valence-corrected chi connectivity index (χ2v) is 3.87.